The average molecular weight is 523 g/mol. The number of anilines is 1. The van der Waals surface area contributed by atoms with Crippen LogP contribution in [0.1, 0.15) is 17.4 Å². The van der Waals surface area contributed by atoms with E-state index in [2.05, 4.69) is 15.5 Å². The van der Waals surface area contributed by atoms with E-state index in [1.54, 1.807) is 33.5 Å². The largest absolute Gasteiger partial charge is 0.496 e. The van der Waals surface area contributed by atoms with Gasteiger partial charge in [0.15, 0.2) is 5.69 Å². The highest BCUT2D eigenvalue weighted by molar-refractivity contribution is 7.98. The number of fused-ring (bicyclic) bond motifs is 3. The standard InChI is InChI=1S/C26H23ClN4O4S/c1-32-17-12-20(33-2)22(21(13-17)34-3)24-28-19-7-5-4-6-18(19)23-25(35-24)29-26(31-30-23)36-14-15-8-10-16(27)11-9-15/h4-13,24,28H,14H2,1-3H3. The predicted octanol–water partition coefficient (Wildman–Crippen LogP) is 6.01. The smallest absolute Gasteiger partial charge is 0.247 e. The summed E-state index contributed by atoms with van der Waals surface area (Å²) in [4.78, 5) is 4.72. The number of hydrogen-bond donors (Lipinski definition) is 1. The molecule has 1 N–H and O–H groups in total. The Kier molecular flexibility index (Phi) is 7.02. The van der Waals surface area contributed by atoms with Crippen molar-refractivity contribution < 1.29 is 18.9 Å². The van der Waals surface area contributed by atoms with E-state index >= 15 is 0 Å². The van der Waals surface area contributed by atoms with Crippen molar-refractivity contribution in [1.29, 1.82) is 0 Å². The van der Waals surface area contributed by atoms with Gasteiger partial charge in [0.05, 0.1) is 26.9 Å². The van der Waals surface area contributed by atoms with Crippen molar-refractivity contribution >= 4 is 29.1 Å². The number of halogens is 1. The molecule has 10 heteroatoms. The first-order valence-electron chi connectivity index (χ1n) is 11.0. The quantitative estimate of drug-likeness (QED) is 0.293. The Morgan fingerprint density at radius 3 is 2.36 bits per heavy atom. The first-order chi connectivity index (χ1) is 17.6. The van der Waals surface area contributed by atoms with Crippen molar-refractivity contribution in [3.63, 3.8) is 0 Å². The lowest BCUT2D eigenvalue weighted by atomic mass is 10.1. The first-order valence-corrected chi connectivity index (χ1v) is 12.4. The van der Waals surface area contributed by atoms with Crippen molar-refractivity contribution in [2.24, 2.45) is 0 Å². The fourth-order valence-corrected chi connectivity index (χ4v) is 4.72. The van der Waals surface area contributed by atoms with Gasteiger partial charge in [-0.2, -0.15) is 4.98 Å². The van der Waals surface area contributed by atoms with E-state index in [0.717, 1.165) is 16.8 Å². The second-order valence-corrected chi connectivity index (χ2v) is 9.18. The van der Waals surface area contributed by atoms with Gasteiger partial charge >= 0.3 is 0 Å². The van der Waals surface area contributed by atoms with Crippen molar-refractivity contribution in [2.45, 2.75) is 17.1 Å². The molecule has 1 aliphatic rings. The fourth-order valence-electron chi connectivity index (χ4n) is 3.86. The molecule has 1 unspecified atom stereocenters. The monoisotopic (exact) mass is 522 g/mol. The van der Waals surface area contributed by atoms with Gasteiger partial charge in [0, 0.05) is 34.2 Å². The minimum absolute atomic E-state index is 0.353. The van der Waals surface area contributed by atoms with Crippen molar-refractivity contribution in [3.05, 3.63) is 76.8 Å². The van der Waals surface area contributed by atoms with E-state index in [4.69, 9.17) is 35.5 Å². The van der Waals surface area contributed by atoms with Gasteiger partial charge in [0.2, 0.25) is 17.3 Å². The Labute approximate surface area is 217 Å². The maximum Gasteiger partial charge on any atom is 0.247 e. The summed E-state index contributed by atoms with van der Waals surface area (Å²) in [7, 11) is 4.77. The number of nitrogens with one attached hydrogen (secondary N) is 1. The van der Waals surface area contributed by atoms with E-state index in [9.17, 15) is 0 Å². The molecule has 0 fully saturated rings. The number of aromatic nitrogens is 3. The Morgan fingerprint density at radius 1 is 0.944 bits per heavy atom. The zero-order valence-electron chi connectivity index (χ0n) is 19.8. The first kappa shape index (κ1) is 24.0. The molecule has 1 aromatic heterocycles. The summed E-state index contributed by atoms with van der Waals surface area (Å²) in [6.07, 6.45) is -0.686. The molecule has 0 saturated heterocycles. The molecule has 5 rings (SSSR count). The number of benzene rings is 3. The van der Waals surface area contributed by atoms with E-state index in [0.29, 0.717) is 50.3 Å². The van der Waals surface area contributed by atoms with Crippen LogP contribution in [0, 0.1) is 0 Å². The lowest BCUT2D eigenvalue weighted by Crippen LogP contribution is -2.19. The summed E-state index contributed by atoms with van der Waals surface area (Å²) < 4.78 is 23.2. The van der Waals surface area contributed by atoms with Crippen LogP contribution in [0.4, 0.5) is 5.69 Å². The summed E-state index contributed by atoms with van der Waals surface area (Å²) in [5.74, 6) is 2.71. The third kappa shape index (κ3) is 4.84. The lowest BCUT2D eigenvalue weighted by molar-refractivity contribution is 0.213. The molecule has 0 amide bonds. The van der Waals surface area contributed by atoms with Crippen LogP contribution in [0.15, 0.2) is 65.8 Å². The number of methoxy groups -OCH3 is 3. The third-order valence-corrected chi connectivity index (χ3v) is 6.79. The molecule has 36 heavy (non-hydrogen) atoms. The molecule has 0 saturated carbocycles. The van der Waals surface area contributed by atoms with Gasteiger partial charge in [-0.05, 0) is 23.8 Å². The maximum atomic E-state index is 6.44. The molecule has 1 aliphatic heterocycles. The Hall–Kier alpha value is -3.69. The van der Waals surface area contributed by atoms with Crippen LogP contribution in [0.5, 0.6) is 23.1 Å². The minimum Gasteiger partial charge on any atom is -0.496 e. The normalized spacial score (nSPS) is 13.9. The zero-order chi connectivity index (χ0) is 25.1. The second-order valence-electron chi connectivity index (χ2n) is 7.80. The molecule has 4 aromatic rings. The summed E-state index contributed by atoms with van der Waals surface area (Å²) in [6, 6.07) is 19.0. The Bertz CT molecular complexity index is 1360. The molecule has 3 aromatic carbocycles. The SMILES string of the molecule is COc1cc(OC)c(C2Nc3ccccc3-c3nnc(SCc4ccc(Cl)cc4)nc3O2)c(OC)c1. The molecular weight excluding hydrogens is 500 g/mol. The zero-order valence-corrected chi connectivity index (χ0v) is 21.4. The number of ether oxygens (including phenoxy) is 4. The highest BCUT2D eigenvalue weighted by atomic mass is 35.5. The molecule has 8 nitrogen and oxygen atoms in total. The molecule has 0 spiro atoms. The third-order valence-electron chi connectivity index (χ3n) is 5.63. The van der Waals surface area contributed by atoms with Gasteiger partial charge in [-0.15, -0.1) is 10.2 Å². The number of rotatable bonds is 7. The highest BCUT2D eigenvalue weighted by Crippen LogP contribution is 2.45. The van der Waals surface area contributed by atoms with Crippen LogP contribution in [0.2, 0.25) is 5.02 Å². The van der Waals surface area contributed by atoms with Gasteiger partial charge in [0.25, 0.3) is 0 Å². The number of para-hydroxylation sites is 1. The van der Waals surface area contributed by atoms with Crippen LogP contribution < -0.4 is 24.3 Å². The Morgan fingerprint density at radius 2 is 1.67 bits per heavy atom. The lowest BCUT2D eigenvalue weighted by Gasteiger charge is -2.23. The van der Waals surface area contributed by atoms with E-state index in [1.807, 2.05) is 48.5 Å². The van der Waals surface area contributed by atoms with E-state index in [-0.39, 0.29) is 0 Å². The van der Waals surface area contributed by atoms with Gasteiger partial charge in [0.1, 0.15) is 17.2 Å². The van der Waals surface area contributed by atoms with Gasteiger partial charge < -0.3 is 24.3 Å². The van der Waals surface area contributed by atoms with Crippen LogP contribution >= 0.6 is 23.4 Å². The van der Waals surface area contributed by atoms with Gasteiger partial charge in [-0.25, -0.2) is 0 Å². The van der Waals surface area contributed by atoms with Gasteiger partial charge in [-0.3, -0.25) is 0 Å². The molecule has 0 radical (unpaired) electrons. The summed E-state index contributed by atoms with van der Waals surface area (Å²) >= 11 is 7.46. The summed E-state index contributed by atoms with van der Waals surface area (Å²) in [5.41, 5.74) is 3.95. The van der Waals surface area contributed by atoms with Crippen LogP contribution in [-0.2, 0) is 5.75 Å². The number of hydrogen-bond acceptors (Lipinski definition) is 9. The second kappa shape index (κ2) is 10.5. The molecular formula is C26H23ClN4O4S. The summed E-state index contributed by atoms with van der Waals surface area (Å²) in [5, 5.41) is 13.5. The molecule has 0 aliphatic carbocycles. The minimum atomic E-state index is -0.686. The van der Waals surface area contributed by atoms with Crippen molar-refractivity contribution in [3.8, 4) is 34.4 Å². The number of nitrogens with zero attached hydrogens (tertiary/aromatic N) is 3. The number of thioether (sulfide) groups is 1. The van der Waals surface area contributed by atoms with Crippen LogP contribution in [0.25, 0.3) is 11.3 Å². The summed E-state index contributed by atoms with van der Waals surface area (Å²) in [6.45, 7) is 0. The average Bonchev–Trinajstić information content (AvgIpc) is 3.08. The van der Waals surface area contributed by atoms with Crippen molar-refractivity contribution in [2.75, 3.05) is 26.6 Å². The van der Waals surface area contributed by atoms with E-state index in [1.165, 1.54) is 11.8 Å². The van der Waals surface area contributed by atoms with Gasteiger partial charge in [-0.1, -0.05) is 53.7 Å². The molecule has 1 atom stereocenters. The molecule has 184 valence electrons. The van der Waals surface area contributed by atoms with Crippen LogP contribution in [0.3, 0.4) is 0 Å². The Balaban J connectivity index is 1.54. The van der Waals surface area contributed by atoms with E-state index < -0.39 is 6.23 Å². The molecule has 0 bridgehead atoms. The predicted molar refractivity (Wildman–Crippen MR) is 139 cm³/mol. The van der Waals surface area contributed by atoms with Crippen LogP contribution in [-0.4, -0.2) is 36.5 Å². The van der Waals surface area contributed by atoms with Crippen molar-refractivity contribution in [1.82, 2.24) is 15.2 Å². The highest BCUT2D eigenvalue weighted by Gasteiger charge is 2.30. The fraction of sp³-hybridized carbons (Fsp3) is 0.192. The maximum absolute atomic E-state index is 6.44. The molecule has 2 heterocycles. The topological polar surface area (TPSA) is 87.6 Å².